The number of thioether (sulfide) groups is 1. The molecule has 26 nitrogen and oxygen atoms in total. The number of amides is 2. The van der Waals surface area contributed by atoms with Gasteiger partial charge in [-0.3, -0.25) is 19.7 Å². The van der Waals surface area contributed by atoms with Crippen LogP contribution in [0, 0.1) is 23.7 Å². The van der Waals surface area contributed by atoms with Crippen molar-refractivity contribution < 1.29 is 106 Å². The van der Waals surface area contributed by atoms with E-state index >= 15 is 4.79 Å². The molecule has 2 bridgehead atoms. The van der Waals surface area contributed by atoms with Gasteiger partial charge in [0.2, 0.25) is 5.78 Å². The number of aliphatic hydroxyl groups is 4. The predicted octanol–water partition coefficient (Wildman–Crippen LogP) is 3.81. The van der Waals surface area contributed by atoms with Gasteiger partial charge in [-0.1, -0.05) is 77.8 Å². The molecule has 6 aliphatic rings. The van der Waals surface area contributed by atoms with Gasteiger partial charge in [0.25, 0.3) is 5.91 Å². The highest BCUT2D eigenvalue weighted by molar-refractivity contribution is 9.09. The molecule has 0 spiro atoms. The number of carbonyl (C=O) groups is 4. The average molecular weight is 1340 g/mol. The molecule has 8 N–H and O–H groups in total. The van der Waals surface area contributed by atoms with Crippen LogP contribution in [0.15, 0.2) is 59.5 Å². The number of benzene rings is 1. The Morgan fingerprint density at radius 2 is 1.60 bits per heavy atom. The fraction of sp³-hybridized carbons (Fsp3) is 0.633. The first-order valence-electron chi connectivity index (χ1n) is 28.9. The van der Waals surface area contributed by atoms with Gasteiger partial charge in [-0.05, 0) is 49.2 Å². The minimum absolute atomic E-state index is 0.0605. The first-order chi connectivity index (χ1) is 43.0. The van der Waals surface area contributed by atoms with Gasteiger partial charge in [0.05, 0.1) is 99.8 Å². The maximum Gasteiger partial charge on any atom is 0.411 e. The first-order valence-corrected chi connectivity index (χ1v) is 34.3. The number of esters is 1. The van der Waals surface area contributed by atoms with Crippen molar-refractivity contribution in [1.29, 1.82) is 0 Å². The smallest absolute Gasteiger partial charge is 0.411 e. The second kappa shape index (κ2) is 34.0. The molecule has 2 aliphatic carbocycles. The summed E-state index contributed by atoms with van der Waals surface area (Å²) in [6.07, 6.45) is -11.3. The third-order valence-corrected chi connectivity index (χ3v) is 20.4. The Hall–Kier alpha value is -4.62. The molecule has 1 aromatic rings. The normalized spacial score (nSPS) is 34.0. The summed E-state index contributed by atoms with van der Waals surface area (Å²) in [5.41, 5.74) is -0.924. The van der Waals surface area contributed by atoms with Crippen molar-refractivity contribution in [1.82, 2.24) is 16.1 Å². The Morgan fingerprint density at radius 3 is 2.27 bits per heavy atom. The van der Waals surface area contributed by atoms with Crippen LogP contribution >= 0.6 is 43.2 Å². The number of rotatable bonds is 25. The fourth-order valence-corrected chi connectivity index (χ4v) is 14.2. The standard InChI is InChI=1S/C60H82N4O22S4/c1-29(2)61-37-28-78-44(26-40(37)74-8)84-53-51(67)48(64-86-46-25-38(65)54(87-12)32(5)80-46)30(3)81-58(53)83-39-19-17-15-14-16-18-21-60(72)35(20-22-89-90-88-13)47(39)49(63-59(71)77-11)52(68)55(60)85-45-27-43(50(66)31(4)79-45)82-57(70)34-23-41(75-9)42(76-10)24-36(34)62-56(69)33(6)73-7/h14,16,20,23-24,29-32,37-40,43-46,48,50-51,53-55,58,61,64-67,72H,6,15,22,25-28H2,1-5,7-13H3,(H,62,69)(H,63,71)/t30?,31-,32+,37-,38-,39-,40-,43-,44-,45?,46-,48+,50-,51-,53+,54+,55+,58-,60+/m0/s1. The van der Waals surface area contributed by atoms with Crippen molar-refractivity contribution in [3.63, 3.8) is 0 Å². The summed E-state index contributed by atoms with van der Waals surface area (Å²) in [4.78, 5) is 62.7. The molecule has 0 radical (unpaired) electrons. The number of aliphatic hydroxyl groups excluding tert-OH is 3. The number of anilines is 1. The number of hydrogen-bond donors (Lipinski definition) is 8. The number of Topliss-reactive ketones (excluding diaryl/α,β-unsaturated/α-hetero) is 1. The molecule has 90 heavy (non-hydrogen) atoms. The van der Waals surface area contributed by atoms with Crippen LogP contribution in [0.3, 0.4) is 0 Å². The SMILES string of the molecule is C=C(OC)C(=O)Nc1cc(OC)c(OC)cc1C(=O)O[C@H]1CC(O[C@@H]2C(=O)C(NC(=O)OC)=C3C(=CCSSSC)[C@]2(O)C#CC=CCC#C[C@@H]3O[C@@H]2OC(C)[C@@H](NO[C@H]3C[C@H](O)[C@H](SC)[C@@H](C)O3)[C@H](O)[C@H]2O[C@H]2C[C@H](OC)[C@@H](NC(C)C)CO2)O[C@@H](C)[C@@H]1O. The third-order valence-electron chi connectivity index (χ3n) is 15.4. The summed E-state index contributed by atoms with van der Waals surface area (Å²) >= 11 is 1.47. The van der Waals surface area contributed by atoms with Crippen molar-refractivity contribution >= 4 is 72.6 Å². The number of ether oxygens (including phenoxy) is 13. The predicted molar refractivity (Wildman–Crippen MR) is 334 cm³/mol. The lowest BCUT2D eigenvalue weighted by molar-refractivity contribution is -0.336. The van der Waals surface area contributed by atoms with E-state index in [2.05, 4.69) is 51.7 Å². The number of ketones is 1. The number of carbonyl (C=O) groups excluding carboxylic acids is 4. The van der Waals surface area contributed by atoms with Crippen LogP contribution in [-0.4, -0.2) is 226 Å². The Morgan fingerprint density at radius 1 is 0.878 bits per heavy atom. The molecule has 4 fully saturated rings. The largest absolute Gasteiger partial charge is 0.493 e. The Labute approximate surface area is 539 Å². The molecule has 19 atom stereocenters. The minimum Gasteiger partial charge on any atom is -0.493 e. The van der Waals surface area contributed by atoms with Gasteiger partial charge in [0, 0.05) is 67.9 Å². The van der Waals surface area contributed by atoms with Gasteiger partial charge >= 0.3 is 12.1 Å². The van der Waals surface area contributed by atoms with Crippen molar-refractivity contribution in [2.24, 2.45) is 0 Å². The molecule has 7 rings (SSSR count). The van der Waals surface area contributed by atoms with E-state index in [9.17, 15) is 34.8 Å². The quantitative estimate of drug-likeness (QED) is 0.0131. The lowest BCUT2D eigenvalue weighted by atomic mass is 9.73. The number of allylic oxidation sites excluding steroid dienone is 2. The number of alkyl carbamates (subject to hydrolysis) is 1. The molecule has 498 valence electrons. The average Bonchev–Trinajstić information content (AvgIpc) is 0.918. The van der Waals surface area contributed by atoms with Crippen LogP contribution in [0.25, 0.3) is 0 Å². The minimum atomic E-state index is -2.67. The zero-order chi connectivity index (χ0) is 65.6. The first kappa shape index (κ1) is 72.8. The van der Waals surface area contributed by atoms with E-state index in [-0.39, 0.29) is 94.7 Å². The van der Waals surface area contributed by atoms with E-state index in [1.165, 1.54) is 89.6 Å². The monoisotopic (exact) mass is 1340 g/mol. The highest BCUT2D eigenvalue weighted by Crippen LogP contribution is 2.44. The number of methoxy groups -OCH3 is 5. The van der Waals surface area contributed by atoms with Gasteiger partial charge in [0.15, 0.2) is 54.1 Å². The van der Waals surface area contributed by atoms with Gasteiger partial charge < -0.3 is 92.6 Å². The Balaban J connectivity index is 1.28. The van der Waals surface area contributed by atoms with E-state index in [1.54, 1.807) is 26.2 Å². The van der Waals surface area contributed by atoms with Crippen molar-refractivity contribution in [3.8, 4) is 35.2 Å². The summed E-state index contributed by atoms with van der Waals surface area (Å²) in [6.45, 7) is 12.7. The number of nitrogens with one attached hydrogen (secondary N) is 4. The maximum absolute atomic E-state index is 15.7. The molecule has 4 saturated heterocycles. The summed E-state index contributed by atoms with van der Waals surface area (Å²) in [7, 11) is 10.8. The van der Waals surface area contributed by atoms with E-state index in [0.29, 0.717) is 0 Å². The van der Waals surface area contributed by atoms with Crippen LogP contribution in [0.1, 0.15) is 70.7 Å². The molecular weight excluding hydrogens is 1260 g/mol. The lowest BCUT2D eigenvalue weighted by Gasteiger charge is -2.47. The van der Waals surface area contributed by atoms with E-state index in [4.69, 9.17) is 66.4 Å². The molecule has 0 saturated carbocycles. The second-order valence-corrected chi connectivity index (χ2v) is 27.1. The fourth-order valence-electron chi connectivity index (χ4n) is 10.9. The number of hydrogen-bond acceptors (Lipinski definition) is 28. The third kappa shape index (κ3) is 17.8. The van der Waals surface area contributed by atoms with E-state index < -0.39 is 134 Å². The maximum atomic E-state index is 15.7. The molecule has 4 heterocycles. The topological polar surface area (TPSA) is 327 Å². The number of fused-ring (bicyclic) bond motifs is 2. The van der Waals surface area contributed by atoms with Crippen molar-refractivity contribution in [3.05, 3.63) is 65.1 Å². The van der Waals surface area contributed by atoms with Crippen LogP contribution in [0.5, 0.6) is 11.5 Å². The van der Waals surface area contributed by atoms with E-state index in [1.807, 2.05) is 33.3 Å². The van der Waals surface area contributed by atoms with Gasteiger partial charge in [-0.15, -0.1) is 0 Å². The highest BCUT2D eigenvalue weighted by Gasteiger charge is 2.57. The summed E-state index contributed by atoms with van der Waals surface area (Å²) in [5.74, 6) is 8.95. The Bertz CT molecular complexity index is 2910. The van der Waals surface area contributed by atoms with Crippen LogP contribution in [-0.2, 0) is 66.5 Å². The molecule has 0 aromatic heterocycles. The second-order valence-electron chi connectivity index (χ2n) is 21.7. The Kier molecular flexibility index (Phi) is 27.5. The summed E-state index contributed by atoms with van der Waals surface area (Å²) in [6, 6.07) is 1.39. The van der Waals surface area contributed by atoms with Crippen molar-refractivity contribution in [2.45, 2.75) is 182 Å². The lowest BCUT2D eigenvalue weighted by Crippen LogP contribution is -2.65. The van der Waals surface area contributed by atoms with Crippen LogP contribution in [0.2, 0.25) is 0 Å². The zero-order valence-electron chi connectivity index (χ0n) is 52.1. The highest BCUT2D eigenvalue weighted by atomic mass is 33.5. The molecule has 2 amide bonds. The molecule has 30 heteroatoms. The zero-order valence-corrected chi connectivity index (χ0v) is 55.3. The van der Waals surface area contributed by atoms with E-state index in [0.717, 1.165) is 7.11 Å². The molecular formula is C60H82N4O22S4. The molecule has 4 aliphatic heterocycles. The van der Waals surface area contributed by atoms with Crippen molar-refractivity contribution in [2.75, 3.05) is 65.7 Å². The van der Waals surface area contributed by atoms with Gasteiger partial charge in [-0.25, -0.2) is 9.59 Å². The summed E-state index contributed by atoms with van der Waals surface area (Å²) < 4.78 is 78.2. The molecule has 1 aromatic carbocycles. The summed E-state index contributed by atoms with van der Waals surface area (Å²) in [5, 5.41) is 57.0. The van der Waals surface area contributed by atoms with Gasteiger partial charge in [0.1, 0.15) is 30.5 Å². The van der Waals surface area contributed by atoms with Gasteiger partial charge in [-0.2, -0.15) is 17.2 Å². The van der Waals surface area contributed by atoms with Crippen LogP contribution in [0.4, 0.5) is 10.5 Å². The number of hydroxylamine groups is 1. The molecule has 2 unspecified atom stereocenters. The van der Waals surface area contributed by atoms with Crippen LogP contribution < -0.4 is 30.9 Å².